The van der Waals surface area contributed by atoms with Crippen molar-refractivity contribution in [1.29, 1.82) is 0 Å². The highest BCUT2D eigenvalue weighted by Gasteiger charge is 2.25. The number of piperazine rings is 1. The lowest BCUT2D eigenvalue weighted by atomic mass is 10.1. The summed E-state index contributed by atoms with van der Waals surface area (Å²) < 4.78 is 14.1. The van der Waals surface area contributed by atoms with Crippen LogP contribution in [0.15, 0.2) is 48.5 Å². The quantitative estimate of drug-likeness (QED) is 0.855. The van der Waals surface area contributed by atoms with Gasteiger partial charge in [0.15, 0.2) is 0 Å². The third-order valence-electron chi connectivity index (χ3n) is 4.47. The summed E-state index contributed by atoms with van der Waals surface area (Å²) in [6, 6.07) is 12.8. The van der Waals surface area contributed by atoms with Crippen molar-refractivity contribution in [2.24, 2.45) is 0 Å². The van der Waals surface area contributed by atoms with E-state index in [1.165, 1.54) is 23.1 Å². The molecule has 0 spiro atoms. The van der Waals surface area contributed by atoms with Crippen LogP contribution in [0.4, 0.5) is 4.39 Å². The van der Waals surface area contributed by atoms with Gasteiger partial charge >= 0.3 is 0 Å². The predicted molar refractivity (Wildman–Crippen MR) is 102 cm³/mol. The predicted octanol–water partition coefficient (Wildman–Crippen LogP) is 2.55. The number of nitrogens with one attached hydrogen (secondary N) is 1. The van der Waals surface area contributed by atoms with Crippen molar-refractivity contribution in [2.75, 3.05) is 32.7 Å². The Kier molecular flexibility index (Phi) is 6.42. The molecule has 0 atom stereocenters. The molecule has 1 N–H and O–H groups in total. The van der Waals surface area contributed by atoms with Gasteiger partial charge in [-0.15, -0.1) is 0 Å². The molecule has 0 aliphatic carbocycles. The molecule has 1 fully saturated rings. The molecule has 0 radical (unpaired) electrons. The van der Waals surface area contributed by atoms with Crippen LogP contribution in [0.25, 0.3) is 0 Å². The van der Waals surface area contributed by atoms with E-state index in [2.05, 4.69) is 5.32 Å². The van der Waals surface area contributed by atoms with Crippen molar-refractivity contribution in [3.05, 3.63) is 70.5 Å². The van der Waals surface area contributed by atoms with Crippen LogP contribution < -0.4 is 5.32 Å². The van der Waals surface area contributed by atoms with Gasteiger partial charge < -0.3 is 15.1 Å². The molecule has 1 heterocycles. The maximum absolute atomic E-state index is 14.1. The third-order valence-corrected chi connectivity index (χ3v) is 4.73. The second-order valence-corrected chi connectivity index (χ2v) is 6.83. The Labute approximate surface area is 162 Å². The van der Waals surface area contributed by atoms with Gasteiger partial charge in [-0.3, -0.25) is 9.59 Å². The van der Waals surface area contributed by atoms with Crippen LogP contribution in [0, 0.1) is 5.82 Å². The van der Waals surface area contributed by atoms with Gasteiger partial charge in [-0.1, -0.05) is 35.9 Å². The van der Waals surface area contributed by atoms with Gasteiger partial charge in [-0.05, 0) is 29.8 Å². The molecule has 1 aliphatic rings. The molecule has 2 amide bonds. The van der Waals surface area contributed by atoms with Crippen LogP contribution >= 0.6 is 11.6 Å². The summed E-state index contributed by atoms with van der Waals surface area (Å²) in [4.78, 5) is 28.7. The van der Waals surface area contributed by atoms with Gasteiger partial charge in [0.2, 0.25) is 5.91 Å². The topological polar surface area (TPSA) is 52.7 Å². The fourth-order valence-electron chi connectivity index (χ4n) is 2.99. The molecule has 0 unspecified atom stereocenters. The zero-order chi connectivity index (χ0) is 19.2. The Bertz CT molecular complexity index is 807. The summed E-state index contributed by atoms with van der Waals surface area (Å²) in [5.74, 6) is -1.25. The van der Waals surface area contributed by atoms with E-state index in [1.54, 1.807) is 35.2 Å². The summed E-state index contributed by atoms with van der Waals surface area (Å²) in [7, 11) is 0. The fraction of sp³-hybridized carbons (Fsp3) is 0.300. The Morgan fingerprint density at radius 1 is 1.07 bits per heavy atom. The van der Waals surface area contributed by atoms with Gasteiger partial charge in [-0.25, -0.2) is 4.39 Å². The van der Waals surface area contributed by atoms with Crippen molar-refractivity contribution in [1.82, 2.24) is 15.1 Å². The minimum Gasteiger partial charge on any atom is -0.339 e. The highest BCUT2D eigenvalue weighted by molar-refractivity contribution is 6.30. The van der Waals surface area contributed by atoms with Crippen molar-refractivity contribution in [3.8, 4) is 0 Å². The van der Waals surface area contributed by atoms with Crippen LogP contribution in [-0.2, 0) is 11.3 Å². The number of halogens is 2. The molecule has 2 aromatic carbocycles. The summed E-state index contributed by atoms with van der Waals surface area (Å²) in [6.45, 7) is 2.75. The Morgan fingerprint density at radius 2 is 1.74 bits per heavy atom. The zero-order valence-electron chi connectivity index (χ0n) is 14.8. The van der Waals surface area contributed by atoms with Gasteiger partial charge in [0.05, 0.1) is 5.56 Å². The summed E-state index contributed by atoms with van der Waals surface area (Å²) in [5, 5.41) is 3.77. The largest absolute Gasteiger partial charge is 0.339 e. The first-order valence-electron chi connectivity index (χ1n) is 8.81. The highest BCUT2D eigenvalue weighted by Crippen LogP contribution is 2.16. The first-order valence-corrected chi connectivity index (χ1v) is 9.19. The molecule has 2 aromatic rings. The molecule has 142 valence electrons. The number of rotatable bonds is 5. The van der Waals surface area contributed by atoms with Crippen LogP contribution in [0.5, 0.6) is 0 Å². The SMILES string of the molecule is O=C(CN(Cc1ccc(Cl)cc1)C(=O)c1ccccc1F)N1CCNCC1. The van der Waals surface area contributed by atoms with Gasteiger partial charge in [0.25, 0.3) is 5.91 Å². The summed E-state index contributed by atoms with van der Waals surface area (Å²) in [6.07, 6.45) is 0. The second-order valence-electron chi connectivity index (χ2n) is 6.40. The number of hydrogen-bond acceptors (Lipinski definition) is 3. The number of hydrogen-bond donors (Lipinski definition) is 1. The fourth-order valence-corrected chi connectivity index (χ4v) is 3.12. The molecule has 0 saturated carbocycles. The van der Waals surface area contributed by atoms with Crippen molar-refractivity contribution >= 4 is 23.4 Å². The van der Waals surface area contributed by atoms with Gasteiger partial charge in [0, 0.05) is 37.7 Å². The number of nitrogens with zero attached hydrogens (tertiary/aromatic N) is 2. The van der Waals surface area contributed by atoms with Crippen molar-refractivity contribution < 1.29 is 14.0 Å². The minimum absolute atomic E-state index is 0.0421. The molecule has 27 heavy (non-hydrogen) atoms. The number of amides is 2. The van der Waals surface area contributed by atoms with E-state index < -0.39 is 11.7 Å². The second kappa shape index (κ2) is 8.97. The number of benzene rings is 2. The molecule has 0 aromatic heterocycles. The highest BCUT2D eigenvalue weighted by atomic mass is 35.5. The number of carbonyl (C=O) groups excluding carboxylic acids is 2. The van der Waals surface area contributed by atoms with Crippen LogP contribution in [-0.4, -0.2) is 54.3 Å². The van der Waals surface area contributed by atoms with E-state index in [-0.39, 0.29) is 24.6 Å². The lowest BCUT2D eigenvalue weighted by molar-refractivity contribution is -0.132. The molecular weight excluding hydrogens is 369 g/mol. The Balaban J connectivity index is 1.81. The first kappa shape index (κ1) is 19.3. The Morgan fingerprint density at radius 3 is 2.41 bits per heavy atom. The average molecular weight is 390 g/mol. The molecular formula is C20H21ClFN3O2. The maximum Gasteiger partial charge on any atom is 0.257 e. The van der Waals surface area contributed by atoms with Crippen LogP contribution in [0.3, 0.4) is 0 Å². The minimum atomic E-state index is -0.599. The molecule has 1 saturated heterocycles. The first-order chi connectivity index (χ1) is 13.0. The van der Waals surface area contributed by atoms with Crippen molar-refractivity contribution in [2.45, 2.75) is 6.54 Å². The van der Waals surface area contributed by atoms with E-state index in [1.807, 2.05) is 0 Å². The van der Waals surface area contributed by atoms with Gasteiger partial charge in [0.1, 0.15) is 12.4 Å². The molecule has 7 heteroatoms. The molecule has 1 aliphatic heterocycles. The molecule has 5 nitrogen and oxygen atoms in total. The smallest absolute Gasteiger partial charge is 0.257 e. The van der Waals surface area contributed by atoms with Crippen LogP contribution in [0.1, 0.15) is 15.9 Å². The molecule has 3 rings (SSSR count). The van der Waals surface area contributed by atoms with E-state index in [9.17, 15) is 14.0 Å². The number of carbonyl (C=O) groups is 2. The van der Waals surface area contributed by atoms with Crippen LogP contribution in [0.2, 0.25) is 5.02 Å². The monoisotopic (exact) mass is 389 g/mol. The van der Waals surface area contributed by atoms with E-state index in [0.717, 1.165) is 18.7 Å². The lowest BCUT2D eigenvalue weighted by Gasteiger charge is -2.30. The van der Waals surface area contributed by atoms with Crippen molar-refractivity contribution in [3.63, 3.8) is 0 Å². The van der Waals surface area contributed by atoms with E-state index in [0.29, 0.717) is 18.1 Å². The molecule has 0 bridgehead atoms. The summed E-state index contributed by atoms with van der Waals surface area (Å²) in [5.41, 5.74) is 0.775. The summed E-state index contributed by atoms with van der Waals surface area (Å²) >= 11 is 5.92. The normalized spacial score (nSPS) is 14.1. The lowest BCUT2D eigenvalue weighted by Crippen LogP contribution is -2.50. The average Bonchev–Trinajstić information content (AvgIpc) is 2.69. The van der Waals surface area contributed by atoms with E-state index in [4.69, 9.17) is 11.6 Å². The van der Waals surface area contributed by atoms with E-state index >= 15 is 0 Å². The third kappa shape index (κ3) is 5.05. The maximum atomic E-state index is 14.1. The standard InChI is InChI=1S/C20H21ClFN3O2/c21-16-7-5-15(6-8-16)13-25(14-19(26)24-11-9-23-10-12-24)20(27)17-3-1-2-4-18(17)22/h1-8,23H,9-14H2. The Hall–Kier alpha value is -2.44. The van der Waals surface area contributed by atoms with Gasteiger partial charge in [-0.2, -0.15) is 0 Å². The zero-order valence-corrected chi connectivity index (χ0v) is 15.6.